The maximum Gasteiger partial charge on any atom is 0.408 e. The van der Waals surface area contributed by atoms with E-state index in [-0.39, 0.29) is 25.7 Å². The summed E-state index contributed by atoms with van der Waals surface area (Å²) in [5.41, 5.74) is -2.32. The summed E-state index contributed by atoms with van der Waals surface area (Å²) in [6.07, 6.45) is -1.86. The highest BCUT2D eigenvalue weighted by Crippen LogP contribution is 2.12. The van der Waals surface area contributed by atoms with Crippen LogP contribution in [0.25, 0.3) is 0 Å². The maximum absolute atomic E-state index is 12.9. The lowest BCUT2D eigenvalue weighted by atomic mass is 10.1. The summed E-state index contributed by atoms with van der Waals surface area (Å²) in [5.74, 6) is -4.33. The van der Waals surface area contributed by atoms with Crippen molar-refractivity contribution in [1.82, 2.24) is 16.0 Å². The number of amides is 3. The Morgan fingerprint density at radius 2 is 1.08 bits per heavy atom. The smallest absolute Gasteiger partial charge is 0.408 e. The molecule has 3 amide bonds. The molecule has 4 N–H and O–H groups in total. The Hall–Kier alpha value is -3.38. The van der Waals surface area contributed by atoms with Gasteiger partial charge in [0.2, 0.25) is 11.8 Å². The van der Waals surface area contributed by atoms with Crippen molar-refractivity contribution in [3.63, 3.8) is 0 Å². The molecule has 0 unspecified atom stereocenters. The van der Waals surface area contributed by atoms with Crippen LogP contribution < -0.4 is 16.0 Å². The van der Waals surface area contributed by atoms with E-state index >= 15 is 0 Å². The summed E-state index contributed by atoms with van der Waals surface area (Å²) in [6.45, 7) is 14.4. The molecule has 0 aliphatic heterocycles. The number of carboxylic acids is 1. The van der Waals surface area contributed by atoms with Crippen molar-refractivity contribution in [3.05, 3.63) is 0 Å². The largest absolute Gasteiger partial charge is 0.480 e. The second-order valence-electron chi connectivity index (χ2n) is 11.6. The van der Waals surface area contributed by atoms with Crippen molar-refractivity contribution >= 4 is 35.8 Å². The van der Waals surface area contributed by atoms with E-state index < -0.39 is 71.2 Å². The highest BCUT2D eigenvalue weighted by Gasteiger charge is 2.29. The van der Waals surface area contributed by atoms with E-state index in [1.807, 2.05) is 0 Å². The van der Waals surface area contributed by atoms with Crippen molar-refractivity contribution in [2.75, 3.05) is 6.54 Å². The number of ether oxygens (including phenoxy) is 3. The molecule has 0 aromatic carbocycles. The molecule has 0 aliphatic carbocycles. The second-order valence-corrected chi connectivity index (χ2v) is 11.6. The molecule has 0 heterocycles. The monoisotopic (exact) mass is 545 g/mol. The van der Waals surface area contributed by atoms with Gasteiger partial charge in [-0.1, -0.05) is 0 Å². The Labute approximate surface area is 223 Å². The molecule has 13 heteroatoms. The number of carbonyl (C=O) groups excluding carboxylic acids is 5. The van der Waals surface area contributed by atoms with E-state index in [4.69, 9.17) is 14.2 Å². The number of hydrogen-bond acceptors (Lipinski definition) is 9. The number of hydrogen-bond donors (Lipinski definition) is 4. The normalized spacial score (nSPS) is 13.4. The zero-order chi connectivity index (χ0) is 29.9. The Balaban J connectivity index is 5.36. The lowest BCUT2D eigenvalue weighted by Crippen LogP contribution is -2.53. The molecule has 0 aromatic heterocycles. The third-order valence-corrected chi connectivity index (χ3v) is 4.17. The third kappa shape index (κ3) is 18.0. The summed E-state index contributed by atoms with van der Waals surface area (Å²) in [5, 5.41) is 16.4. The molecule has 0 aliphatic rings. The van der Waals surface area contributed by atoms with Crippen LogP contribution in [0.3, 0.4) is 0 Å². The molecule has 13 nitrogen and oxygen atoms in total. The van der Waals surface area contributed by atoms with Crippen LogP contribution in [0.15, 0.2) is 0 Å². The highest BCUT2D eigenvalue weighted by molar-refractivity contribution is 5.92. The van der Waals surface area contributed by atoms with Gasteiger partial charge in [0.05, 0.1) is 0 Å². The SMILES string of the molecule is CC(C)(C)OC(=O)CC[C@H](NC(=O)[C@H](CCC(=O)OC(C)(C)C)NC(=O)CNC(=O)OC(C)(C)C)C(=O)O. The maximum atomic E-state index is 12.9. The molecule has 0 aromatic rings. The summed E-state index contributed by atoms with van der Waals surface area (Å²) >= 11 is 0. The second kappa shape index (κ2) is 14.5. The van der Waals surface area contributed by atoms with Crippen LogP contribution in [-0.4, -0.2) is 76.4 Å². The van der Waals surface area contributed by atoms with Crippen LogP contribution in [-0.2, 0) is 38.2 Å². The molecule has 38 heavy (non-hydrogen) atoms. The lowest BCUT2D eigenvalue weighted by molar-refractivity contribution is -0.157. The van der Waals surface area contributed by atoms with E-state index in [9.17, 15) is 33.9 Å². The predicted molar refractivity (Wildman–Crippen MR) is 136 cm³/mol. The molecule has 0 fully saturated rings. The number of carbonyl (C=O) groups is 6. The number of nitrogens with one attached hydrogen (secondary N) is 3. The quantitative estimate of drug-likeness (QED) is 0.208. The van der Waals surface area contributed by atoms with Gasteiger partial charge in [0.15, 0.2) is 0 Å². The Morgan fingerprint density at radius 3 is 1.47 bits per heavy atom. The number of alkyl carbamates (subject to hydrolysis) is 1. The predicted octanol–water partition coefficient (Wildman–Crippen LogP) is 1.81. The van der Waals surface area contributed by atoms with Gasteiger partial charge in [-0.05, 0) is 75.2 Å². The van der Waals surface area contributed by atoms with E-state index in [2.05, 4.69) is 16.0 Å². The van der Waals surface area contributed by atoms with Crippen LogP contribution in [0.1, 0.15) is 88.0 Å². The van der Waals surface area contributed by atoms with Crippen molar-refractivity contribution in [2.45, 2.75) is 117 Å². The average molecular weight is 546 g/mol. The zero-order valence-electron chi connectivity index (χ0n) is 23.8. The van der Waals surface area contributed by atoms with Gasteiger partial charge in [-0.3, -0.25) is 19.2 Å². The van der Waals surface area contributed by atoms with Gasteiger partial charge in [0.25, 0.3) is 0 Å². The lowest BCUT2D eigenvalue weighted by Gasteiger charge is -2.24. The van der Waals surface area contributed by atoms with E-state index in [0.29, 0.717) is 0 Å². The van der Waals surface area contributed by atoms with E-state index in [1.165, 1.54) is 0 Å². The van der Waals surface area contributed by atoms with Crippen molar-refractivity contribution < 1.29 is 48.1 Å². The molecule has 2 atom stereocenters. The Morgan fingerprint density at radius 1 is 0.658 bits per heavy atom. The molecule has 0 rings (SSSR count). The van der Waals surface area contributed by atoms with Crippen molar-refractivity contribution in [3.8, 4) is 0 Å². The fourth-order valence-electron chi connectivity index (χ4n) is 2.82. The summed E-state index contributed by atoms with van der Waals surface area (Å²) < 4.78 is 15.4. The topological polar surface area (TPSA) is 186 Å². The first kappa shape index (κ1) is 34.6. The van der Waals surface area contributed by atoms with Gasteiger partial charge >= 0.3 is 24.0 Å². The first-order valence-corrected chi connectivity index (χ1v) is 12.3. The number of esters is 2. The number of rotatable bonds is 12. The number of aliphatic carboxylic acids is 1. The van der Waals surface area contributed by atoms with Crippen molar-refractivity contribution in [1.29, 1.82) is 0 Å². The van der Waals surface area contributed by atoms with Gasteiger partial charge in [-0.15, -0.1) is 0 Å². The zero-order valence-corrected chi connectivity index (χ0v) is 23.8. The van der Waals surface area contributed by atoms with Gasteiger partial charge in [-0.25, -0.2) is 9.59 Å². The minimum absolute atomic E-state index is 0.211. The molecule has 0 saturated carbocycles. The van der Waals surface area contributed by atoms with Gasteiger partial charge in [-0.2, -0.15) is 0 Å². The van der Waals surface area contributed by atoms with Crippen LogP contribution in [0.2, 0.25) is 0 Å². The van der Waals surface area contributed by atoms with Gasteiger partial charge in [0, 0.05) is 12.8 Å². The van der Waals surface area contributed by atoms with Crippen LogP contribution in [0, 0.1) is 0 Å². The first-order chi connectivity index (χ1) is 17.1. The third-order valence-electron chi connectivity index (χ3n) is 4.17. The van der Waals surface area contributed by atoms with E-state index in [0.717, 1.165) is 0 Å². The van der Waals surface area contributed by atoms with Gasteiger partial charge in [0.1, 0.15) is 35.4 Å². The van der Waals surface area contributed by atoms with Gasteiger partial charge < -0.3 is 35.3 Å². The molecule has 0 radical (unpaired) electrons. The molecular formula is C25H43N3O10. The van der Waals surface area contributed by atoms with Crippen LogP contribution >= 0.6 is 0 Å². The molecule has 0 spiro atoms. The molecule has 218 valence electrons. The van der Waals surface area contributed by atoms with Crippen LogP contribution in [0.4, 0.5) is 4.79 Å². The fourth-order valence-corrected chi connectivity index (χ4v) is 2.82. The summed E-state index contributed by atoms with van der Waals surface area (Å²) in [7, 11) is 0. The summed E-state index contributed by atoms with van der Waals surface area (Å²) in [4.78, 5) is 73.0. The standard InChI is InChI=1S/C25H43N3O10/c1-23(2,3)36-18(30)12-10-15(27-17(29)14-26-22(35)38-25(7,8)9)20(32)28-16(21(33)34)11-13-19(31)37-24(4,5)6/h15-16H,10-14H2,1-9H3,(H,26,35)(H,27,29)(H,28,32)(H,33,34)/t15-,16-/m0/s1. The molecule has 0 saturated heterocycles. The molecule has 0 bridgehead atoms. The Kier molecular flexibility index (Phi) is 13.2. The first-order valence-electron chi connectivity index (χ1n) is 12.3. The number of carboxylic acid groups (broad SMARTS) is 1. The molecular weight excluding hydrogens is 502 g/mol. The van der Waals surface area contributed by atoms with Crippen LogP contribution in [0.5, 0.6) is 0 Å². The summed E-state index contributed by atoms with van der Waals surface area (Å²) in [6, 6.07) is -2.80. The minimum Gasteiger partial charge on any atom is -0.480 e. The Bertz CT molecular complexity index is 866. The fraction of sp³-hybridized carbons (Fsp3) is 0.760. The van der Waals surface area contributed by atoms with E-state index in [1.54, 1.807) is 62.3 Å². The van der Waals surface area contributed by atoms with Crippen molar-refractivity contribution in [2.24, 2.45) is 0 Å². The highest BCUT2D eigenvalue weighted by atomic mass is 16.6. The minimum atomic E-state index is -1.46. The average Bonchev–Trinajstić information content (AvgIpc) is 2.68.